The molecular formula is C39H56N2O23S. The van der Waals surface area contributed by atoms with E-state index >= 15 is 0 Å². The molecule has 0 unspecified atom stereocenters. The molecule has 0 aromatic rings. The molecule has 11 atom stereocenters. The van der Waals surface area contributed by atoms with Crippen molar-refractivity contribution in [2.75, 3.05) is 39.3 Å². The molecule has 2 saturated heterocycles. The van der Waals surface area contributed by atoms with Gasteiger partial charge in [0.05, 0.1) is 32.8 Å². The lowest BCUT2D eigenvalue weighted by Crippen LogP contribution is -2.70. The zero-order valence-electron chi connectivity index (χ0n) is 37.5. The van der Waals surface area contributed by atoms with Gasteiger partial charge in [-0.25, -0.2) is 4.79 Å². The first-order chi connectivity index (χ1) is 30.4. The predicted molar refractivity (Wildman–Crippen MR) is 213 cm³/mol. The second kappa shape index (κ2) is 26.5. The minimum atomic E-state index is -2.81. The van der Waals surface area contributed by atoms with Crippen LogP contribution in [0.3, 0.4) is 0 Å². The van der Waals surface area contributed by atoms with Gasteiger partial charge in [-0.2, -0.15) is 0 Å². The third kappa shape index (κ3) is 18.5. The van der Waals surface area contributed by atoms with Crippen LogP contribution < -0.4 is 10.6 Å². The molecule has 2 rings (SSSR count). The molecule has 0 aromatic carbocycles. The molecule has 0 aliphatic carbocycles. The zero-order valence-corrected chi connectivity index (χ0v) is 38.3. The van der Waals surface area contributed by atoms with E-state index in [0.717, 1.165) is 74.3 Å². The number of thioether (sulfide) groups is 1. The monoisotopic (exact) mass is 952 g/mol. The molecular weight excluding hydrogens is 896 g/mol. The number of hydrogen-bond acceptors (Lipinski definition) is 24. The Kier molecular flexibility index (Phi) is 22.7. The number of amides is 2. The van der Waals surface area contributed by atoms with Crippen molar-refractivity contribution in [3.8, 4) is 0 Å². The highest BCUT2D eigenvalue weighted by molar-refractivity contribution is 8.13. The van der Waals surface area contributed by atoms with Gasteiger partial charge in [-0.05, 0) is 6.42 Å². The molecule has 0 spiro atoms. The summed E-state index contributed by atoms with van der Waals surface area (Å²) < 4.78 is 67.4. The Balaban J connectivity index is 2.88. The topological polar surface area (TPSA) is 323 Å². The fourth-order valence-corrected chi connectivity index (χ4v) is 7.18. The number of methoxy groups -OCH3 is 1. The van der Waals surface area contributed by atoms with Crippen LogP contribution >= 0.6 is 11.8 Å². The van der Waals surface area contributed by atoms with Crippen LogP contribution in [0.25, 0.3) is 0 Å². The van der Waals surface area contributed by atoms with Gasteiger partial charge in [-0.3, -0.25) is 47.9 Å². The second-order valence-electron chi connectivity index (χ2n) is 14.4. The Morgan fingerprint density at radius 1 is 0.708 bits per heavy atom. The maximum Gasteiger partial charge on any atom is 0.366 e. The van der Waals surface area contributed by atoms with Crippen LogP contribution in [-0.4, -0.2) is 171 Å². The van der Waals surface area contributed by atoms with Crippen LogP contribution in [0, 0.1) is 0 Å². The van der Waals surface area contributed by atoms with Gasteiger partial charge in [-0.1, -0.05) is 11.8 Å². The van der Waals surface area contributed by atoms with Crippen molar-refractivity contribution in [1.29, 1.82) is 0 Å². The van der Waals surface area contributed by atoms with Crippen LogP contribution in [-0.2, 0) is 110 Å². The average molecular weight is 953 g/mol. The van der Waals surface area contributed by atoms with E-state index in [1.807, 2.05) is 0 Å². The molecule has 26 heteroatoms. The molecule has 0 radical (unpaired) electrons. The molecule has 25 nitrogen and oxygen atoms in total. The summed E-state index contributed by atoms with van der Waals surface area (Å²) in [6.45, 7) is 6.76. The molecule has 2 fully saturated rings. The lowest BCUT2D eigenvalue weighted by molar-refractivity contribution is -0.332. The molecule has 0 aromatic heterocycles. The summed E-state index contributed by atoms with van der Waals surface area (Å²) >= 11 is 1.02. The van der Waals surface area contributed by atoms with Crippen LogP contribution in [0.15, 0.2) is 0 Å². The highest BCUT2D eigenvalue weighted by atomic mass is 32.2. The zero-order chi connectivity index (χ0) is 49.2. The van der Waals surface area contributed by atoms with Gasteiger partial charge >= 0.3 is 47.8 Å². The van der Waals surface area contributed by atoms with Crippen LogP contribution in [0.1, 0.15) is 75.2 Å². The van der Waals surface area contributed by atoms with Crippen molar-refractivity contribution in [3.05, 3.63) is 0 Å². The van der Waals surface area contributed by atoms with Crippen molar-refractivity contribution in [2.24, 2.45) is 0 Å². The molecule has 0 bridgehead atoms. The fraction of sp³-hybridized carbons (Fsp3) is 0.718. The van der Waals surface area contributed by atoms with Gasteiger partial charge in [0, 0.05) is 68.1 Å². The number of carbonyl (C=O) groups is 11. The number of rotatable bonds is 22. The number of ether oxygens (including phenoxy) is 12. The third-order valence-corrected chi connectivity index (χ3v) is 9.74. The quantitative estimate of drug-likeness (QED) is 0.0735. The summed E-state index contributed by atoms with van der Waals surface area (Å²) in [5.41, 5.74) is 0. The molecule has 2 heterocycles. The van der Waals surface area contributed by atoms with Gasteiger partial charge in [0.1, 0.15) is 31.0 Å². The lowest BCUT2D eigenvalue weighted by atomic mass is 9.87. The van der Waals surface area contributed by atoms with Crippen molar-refractivity contribution in [3.63, 3.8) is 0 Å². The molecule has 366 valence electrons. The van der Waals surface area contributed by atoms with Crippen LogP contribution in [0.2, 0.25) is 0 Å². The lowest BCUT2D eigenvalue weighted by Gasteiger charge is -2.49. The smallest absolute Gasteiger partial charge is 0.366 e. The van der Waals surface area contributed by atoms with Crippen LogP contribution in [0.5, 0.6) is 0 Å². The van der Waals surface area contributed by atoms with E-state index in [2.05, 4.69) is 10.6 Å². The SMILES string of the molecule is COC(=O)[C@@]1(OC[C@H]2O[C@H](OCCCSC(C)=O)[C@H](NC(C)=O)[C@@H](OC(C)=O)[C@H]2OC(C)=O)C[C@H](OC(C)=O)[C@@H](NC(=O)COC(C)=O)[C@H]([C@H](OC(C)=O)[C@@H](COC(C)=O)OC(C)=O)O1. The molecule has 0 saturated carbocycles. The van der Waals surface area contributed by atoms with Gasteiger partial charge in [0.15, 0.2) is 42.4 Å². The third-order valence-electron chi connectivity index (χ3n) is 8.84. The normalized spacial score (nSPS) is 25.8. The second-order valence-corrected chi connectivity index (χ2v) is 15.6. The maximum atomic E-state index is 14.1. The Labute approximate surface area is 377 Å². The van der Waals surface area contributed by atoms with E-state index in [0.29, 0.717) is 5.75 Å². The molecule has 2 amide bonds. The largest absolute Gasteiger partial charge is 0.465 e. The van der Waals surface area contributed by atoms with Crippen molar-refractivity contribution in [1.82, 2.24) is 10.6 Å². The summed E-state index contributed by atoms with van der Waals surface area (Å²) in [6.07, 6.45) is -14.3. The molecule has 2 aliphatic rings. The average Bonchev–Trinajstić information content (AvgIpc) is 3.18. The van der Waals surface area contributed by atoms with E-state index in [-0.39, 0.29) is 18.1 Å². The Morgan fingerprint density at radius 3 is 1.83 bits per heavy atom. The standard InChI is InChI=1S/C39H56N2O23S/c1-18(42)40-32-35(62-25(8)49)33(60-23(6)47)29(63-37(32)54-12-11-13-65-26(9)50)16-57-39(38(52)53-10)14-27(58-21(4)45)31(41-30(51)17-56-20(3)44)36(64-39)34(61-24(7)48)28(59-22(5)46)15-55-19(2)43/h27-29,31-37H,11-17H2,1-10H3,(H,40,42)(H,41,51)/t27-,28+,29+,31+,32+,33-,34+,35+,36+,37-,39+/m0/s1. The van der Waals surface area contributed by atoms with E-state index in [1.165, 1.54) is 6.92 Å². The van der Waals surface area contributed by atoms with Gasteiger partial charge in [-0.15, -0.1) is 0 Å². The van der Waals surface area contributed by atoms with Crippen molar-refractivity contribution < 1.29 is 110 Å². The van der Waals surface area contributed by atoms with Crippen molar-refractivity contribution in [2.45, 2.75) is 142 Å². The minimum Gasteiger partial charge on any atom is -0.465 e. The number of nitrogens with one attached hydrogen (secondary N) is 2. The molecule has 2 N–H and O–H groups in total. The Hall–Kier alpha value is -5.44. The van der Waals surface area contributed by atoms with Gasteiger partial charge < -0.3 is 67.5 Å². The summed E-state index contributed by atoms with van der Waals surface area (Å²) in [6, 6.07) is -3.04. The Morgan fingerprint density at radius 2 is 1.31 bits per heavy atom. The first kappa shape index (κ1) is 55.7. The summed E-state index contributed by atoms with van der Waals surface area (Å²) in [7, 11) is 0.910. The van der Waals surface area contributed by atoms with Crippen molar-refractivity contribution >= 4 is 76.4 Å². The van der Waals surface area contributed by atoms with E-state index < -0.39 is 153 Å². The number of esters is 8. The molecule has 65 heavy (non-hydrogen) atoms. The van der Waals surface area contributed by atoms with E-state index in [1.54, 1.807) is 0 Å². The summed E-state index contributed by atoms with van der Waals surface area (Å²) in [5, 5.41) is 4.87. The number of hydrogen-bond donors (Lipinski definition) is 2. The Bertz CT molecular complexity index is 1760. The van der Waals surface area contributed by atoms with E-state index in [9.17, 15) is 52.7 Å². The first-order valence-corrected chi connectivity index (χ1v) is 20.9. The summed E-state index contributed by atoms with van der Waals surface area (Å²) in [4.78, 5) is 138. The van der Waals surface area contributed by atoms with Gasteiger partial charge in [0.2, 0.25) is 5.91 Å². The highest BCUT2D eigenvalue weighted by Crippen LogP contribution is 2.38. The highest BCUT2D eigenvalue weighted by Gasteiger charge is 2.60. The first-order valence-electron chi connectivity index (χ1n) is 19.9. The minimum absolute atomic E-state index is 0.0838. The van der Waals surface area contributed by atoms with Gasteiger partial charge in [0.25, 0.3) is 11.7 Å². The summed E-state index contributed by atoms with van der Waals surface area (Å²) in [5.74, 6) is -12.2. The van der Waals surface area contributed by atoms with E-state index in [4.69, 9.17) is 56.8 Å². The maximum absolute atomic E-state index is 14.1. The van der Waals surface area contributed by atoms with Crippen LogP contribution in [0.4, 0.5) is 0 Å². The number of carbonyl (C=O) groups excluding carboxylic acids is 11. The molecule has 2 aliphatic heterocycles. The fourth-order valence-electron chi connectivity index (χ4n) is 6.63. The predicted octanol–water partition coefficient (Wildman–Crippen LogP) is -1.15.